The van der Waals surface area contributed by atoms with Crippen molar-refractivity contribution < 1.29 is 19.1 Å². The van der Waals surface area contributed by atoms with Crippen molar-refractivity contribution in [2.24, 2.45) is 0 Å². The molecule has 0 spiro atoms. The van der Waals surface area contributed by atoms with Crippen molar-refractivity contribution in [3.8, 4) is 0 Å². The van der Waals surface area contributed by atoms with Crippen molar-refractivity contribution in [3.63, 3.8) is 0 Å². The summed E-state index contributed by atoms with van der Waals surface area (Å²) in [6.07, 6.45) is 2.64. The second-order valence-electron chi connectivity index (χ2n) is 5.12. The second-order valence-corrected chi connectivity index (χ2v) is 5.12. The van der Waals surface area contributed by atoms with E-state index in [0.29, 0.717) is 18.4 Å². The van der Waals surface area contributed by atoms with Crippen LogP contribution in [0.1, 0.15) is 18.4 Å². The quantitative estimate of drug-likeness (QED) is 0.793. The zero-order chi connectivity index (χ0) is 14.3. The standard InChI is InChI=1S/C14H13FN2O3/c15-9-1-2-10-8(7-16-11(10)6-9)5-12(18)17-14(3-4-14)13(19)20/h1-2,6-7,16H,3-5H2,(H,17,18)(H,19,20). The molecule has 1 aliphatic rings. The summed E-state index contributed by atoms with van der Waals surface area (Å²) in [5.74, 6) is -1.68. The van der Waals surface area contributed by atoms with Crippen LogP contribution in [0.3, 0.4) is 0 Å². The Kier molecular flexibility index (Phi) is 2.74. The summed E-state index contributed by atoms with van der Waals surface area (Å²) < 4.78 is 13.1. The van der Waals surface area contributed by atoms with Crippen molar-refractivity contribution in [2.75, 3.05) is 0 Å². The number of carboxylic acids is 1. The highest BCUT2D eigenvalue weighted by Crippen LogP contribution is 2.35. The van der Waals surface area contributed by atoms with E-state index in [1.807, 2.05) is 0 Å². The second kappa shape index (κ2) is 4.33. The van der Waals surface area contributed by atoms with Gasteiger partial charge in [-0.25, -0.2) is 9.18 Å². The lowest BCUT2D eigenvalue weighted by Crippen LogP contribution is -2.43. The SMILES string of the molecule is O=C(Cc1c[nH]c2cc(F)ccc12)NC1(C(=O)O)CC1. The number of hydrogen-bond acceptors (Lipinski definition) is 2. The summed E-state index contributed by atoms with van der Waals surface area (Å²) in [7, 11) is 0. The number of benzene rings is 1. The number of rotatable bonds is 4. The third-order valence-electron chi connectivity index (χ3n) is 3.62. The molecular weight excluding hydrogens is 263 g/mol. The van der Waals surface area contributed by atoms with Crippen LogP contribution in [0.5, 0.6) is 0 Å². The van der Waals surface area contributed by atoms with Gasteiger partial charge < -0.3 is 15.4 Å². The molecule has 0 unspecified atom stereocenters. The summed E-state index contributed by atoms with van der Waals surface area (Å²) in [4.78, 5) is 25.8. The van der Waals surface area contributed by atoms with Gasteiger partial charge >= 0.3 is 5.97 Å². The Morgan fingerprint density at radius 1 is 1.40 bits per heavy atom. The highest BCUT2D eigenvalue weighted by molar-refractivity contribution is 5.93. The van der Waals surface area contributed by atoms with E-state index in [0.717, 1.165) is 10.9 Å². The molecule has 0 aliphatic heterocycles. The predicted octanol–water partition coefficient (Wildman–Crippen LogP) is 1.58. The van der Waals surface area contributed by atoms with Crippen LogP contribution in [0.4, 0.5) is 4.39 Å². The lowest BCUT2D eigenvalue weighted by molar-refractivity contribution is -0.143. The van der Waals surface area contributed by atoms with E-state index in [-0.39, 0.29) is 18.1 Å². The number of aromatic nitrogens is 1. The van der Waals surface area contributed by atoms with Crippen molar-refractivity contribution in [2.45, 2.75) is 24.8 Å². The monoisotopic (exact) mass is 276 g/mol. The number of hydrogen-bond donors (Lipinski definition) is 3. The van der Waals surface area contributed by atoms with E-state index >= 15 is 0 Å². The van der Waals surface area contributed by atoms with Crippen LogP contribution < -0.4 is 5.32 Å². The van der Waals surface area contributed by atoms with Gasteiger partial charge in [-0.3, -0.25) is 4.79 Å². The van der Waals surface area contributed by atoms with Gasteiger partial charge in [0.15, 0.2) is 0 Å². The average molecular weight is 276 g/mol. The van der Waals surface area contributed by atoms with E-state index in [2.05, 4.69) is 10.3 Å². The van der Waals surface area contributed by atoms with E-state index in [1.165, 1.54) is 12.1 Å². The number of H-pyrrole nitrogens is 1. The third-order valence-corrected chi connectivity index (χ3v) is 3.62. The Balaban J connectivity index is 1.76. The number of aliphatic carboxylic acids is 1. The Hall–Kier alpha value is -2.37. The zero-order valence-corrected chi connectivity index (χ0v) is 10.6. The molecule has 0 bridgehead atoms. The Morgan fingerprint density at radius 3 is 2.80 bits per heavy atom. The average Bonchev–Trinajstić information content (AvgIpc) is 3.06. The summed E-state index contributed by atoms with van der Waals surface area (Å²) in [6.45, 7) is 0. The summed E-state index contributed by atoms with van der Waals surface area (Å²) in [6, 6.07) is 4.29. The van der Waals surface area contributed by atoms with E-state index in [4.69, 9.17) is 5.11 Å². The lowest BCUT2D eigenvalue weighted by atomic mass is 10.1. The maximum Gasteiger partial charge on any atom is 0.329 e. The zero-order valence-electron chi connectivity index (χ0n) is 10.6. The van der Waals surface area contributed by atoms with Crippen LogP contribution >= 0.6 is 0 Å². The summed E-state index contributed by atoms with van der Waals surface area (Å²) >= 11 is 0. The van der Waals surface area contributed by atoms with Crippen LogP contribution in [0.2, 0.25) is 0 Å². The number of nitrogens with one attached hydrogen (secondary N) is 2. The van der Waals surface area contributed by atoms with Gasteiger partial charge in [0.25, 0.3) is 0 Å². The highest BCUT2D eigenvalue weighted by Gasteiger charge is 2.51. The van der Waals surface area contributed by atoms with Crippen LogP contribution in [0.25, 0.3) is 10.9 Å². The normalized spacial score (nSPS) is 16.1. The molecule has 6 heteroatoms. The number of amides is 1. The minimum absolute atomic E-state index is 0.0701. The number of carbonyl (C=O) groups is 2. The molecule has 1 aromatic heterocycles. The molecule has 5 nitrogen and oxygen atoms in total. The van der Waals surface area contributed by atoms with E-state index < -0.39 is 11.5 Å². The van der Waals surface area contributed by atoms with Gasteiger partial charge in [0.1, 0.15) is 11.4 Å². The number of carboxylic acid groups (broad SMARTS) is 1. The van der Waals surface area contributed by atoms with Crippen molar-refractivity contribution >= 4 is 22.8 Å². The fraction of sp³-hybridized carbons (Fsp3) is 0.286. The minimum Gasteiger partial charge on any atom is -0.480 e. The van der Waals surface area contributed by atoms with Crippen molar-refractivity contribution in [1.29, 1.82) is 0 Å². The van der Waals surface area contributed by atoms with Crippen LogP contribution in [-0.2, 0) is 16.0 Å². The maximum absolute atomic E-state index is 13.1. The number of halogens is 1. The largest absolute Gasteiger partial charge is 0.480 e. The molecule has 3 rings (SSSR count). The Morgan fingerprint density at radius 2 is 2.15 bits per heavy atom. The van der Waals surface area contributed by atoms with E-state index in [9.17, 15) is 14.0 Å². The van der Waals surface area contributed by atoms with Crippen molar-refractivity contribution in [1.82, 2.24) is 10.3 Å². The molecule has 0 radical (unpaired) electrons. The van der Waals surface area contributed by atoms with Crippen molar-refractivity contribution in [3.05, 3.63) is 35.8 Å². The first kappa shape index (κ1) is 12.7. The molecule has 1 aliphatic carbocycles. The molecule has 1 heterocycles. The Bertz CT molecular complexity index is 704. The summed E-state index contributed by atoms with van der Waals surface area (Å²) in [5.41, 5.74) is 0.265. The first-order valence-corrected chi connectivity index (χ1v) is 6.30. The molecule has 1 aromatic carbocycles. The molecule has 3 N–H and O–H groups in total. The predicted molar refractivity (Wildman–Crippen MR) is 69.7 cm³/mol. The fourth-order valence-corrected chi connectivity index (χ4v) is 2.31. The first-order valence-electron chi connectivity index (χ1n) is 6.30. The van der Waals surface area contributed by atoms with Gasteiger partial charge in [-0.05, 0) is 36.6 Å². The van der Waals surface area contributed by atoms with Gasteiger partial charge in [-0.15, -0.1) is 0 Å². The van der Waals surface area contributed by atoms with Gasteiger partial charge in [-0.1, -0.05) is 0 Å². The number of carbonyl (C=O) groups excluding carboxylic acids is 1. The van der Waals surface area contributed by atoms with Gasteiger partial charge in [0.05, 0.1) is 6.42 Å². The molecule has 1 amide bonds. The molecule has 1 saturated carbocycles. The number of fused-ring (bicyclic) bond motifs is 1. The number of aromatic amines is 1. The van der Waals surface area contributed by atoms with Crippen LogP contribution in [0, 0.1) is 5.82 Å². The lowest BCUT2D eigenvalue weighted by Gasteiger charge is -2.11. The van der Waals surface area contributed by atoms with Gasteiger partial charge in [-0.2, -0.15) is 0 Å². The van der Waals surface area contributed by atoms with Gasteiger partial charge in [0, 0.05) is 17.1 Å². The first-order chi connectivity index (χ1) is 9.50. The topological polar surface area (TPSA) is 82.2 Å². The maximum atomic E-state index is 13.1. The Labute approximate surface area is 113 Å². The molecule has 104 valence electrons. The third kappa shape index (κ3) is 2.13. The molecule has 0 saturated heterocycles. The molecule has 2 aromatic rings. The molecular formula is C14H13FN2O3. The van der Waals surface area contributed by atoms with Gasteiger partial charge in [0.2, 0.25) is 5.91 Å². The minimum atomic E-state index is -1.07. The molecule has 20 heavy (non-hydrogen) atoms. The molecule has 1 fully saturated rings. The fourth-order valence-electron chi connectivity index (χ4n) is 2.31. The van der Waals surface area contributed by atoms with Crippen LogP contribution in [-0.4, -0.2) is 27.5 Å². The van der Waals surface area contributed by atoms with Crippen LogP contribution in [0.15, 0.2) is 24.4 Å². The van der Waals surface area contributed by atoms with E-state index in [1.54, 1.807) is 12.3 Å². The molecule has 0 atom stereocenters. The smallest absolute Gasteiger partial charge is 0.329 e. The summed E-state index contributed by atoms with van der Waals surface area (Å²) in [5, 5.41) is 12.3. The highest BCUT2D eigenvalue weighted by atomic mass is 19.1.